The molecule has 146 valence electrons. The van der Waals surface area contributed by atoms with Crippen LogP contribution < -0.4 is 0 Å². The molecule has 0 amide bonds. The van der Waals surface area contributed by atoms with Gasteiger partial charge >= 0.3 is 5.97 Å². The molecule has 0 aromatic heterocycles. The molecule has 0 bridgehead atoms. The Morgan fingerprint density at radius 3 is 2.52 bits per heavy atom. The second kappa shape index (κ2) is 9.49. The molecule has 1 aromatic rings. The van der Waals surface area contributed by atoms with Gasteiger partial charge in [0.1, 0.15) is 5.76 Å². The minimum Gasteiger partial charge on any atom is -0.511 e. The number of hydrogen-bond acceptors (Lipinski definition) is 5. The molecule has 1 aromatic carbocycles. The molecule has 5 nitrogen and oxygen atoms in total. The molecule has 1 N–H and O–H groups in total. The zero-order chi connectivity index (χ0) is 19.9. The topological polar surface area (TPSA) is 76.0 Å². The van der Waals surface area contributed by atoms with E-state index in [1.54, 1.807) is 24.3 Å². The lowest BCUT2D eigenvalue weighted by molar-refractivity contribution is -0.117. The van der Waals surface area contributed by atoms with Gasteiger partial charge in [-0.2, -0.15) is 0 Å². The second-order valence-corrected chi connectivity index (χ2v) is 7.80. The molecule has 1 aliphatic rings. The van der Waals surface area contributed by atoms with Gasteiger partial charge in [0, 0.05) is 19.1 Å². The largest absolute Gasteiger partial charge is 0.511 e. The van der Waals surface area contributed by atoms with Crippen molar-refractivity contribution in [3.63, 3.8) is 0 Å². The van der Waals surface area contributed by atoms with Crippen LogP contribution in [0.25, 0.3) is 0 Å². The van der Waals surface area contributed by atoms with Gasteiger partial charge in [-0.1, -0.05) is 40.0 Å². The third-order valence-corrected chi connectivity index (χ3v) is 4.57. The lowest BCUT2D eigenvalue weighted by Crippen LogP contribution is -2.26. The normalized spacial score (nSPS) is 16.8. The molecule has 2 rings (SSSR count). The molecular weight excluding hydrogens is 342 g/mol. The molecule has 0 radical (unpaired) electrons. The quantitative estimate of drug-likeness (QED) is 0.381. The lowest BCUT2D eigenvalue weighted by atomic mass is 9.77. The van der Waals surface area contributed by atoms with E-state index in [0.717, 1.165) is 25.7 Å². The molecule has 0 saturated heterocycles. The van der Waals surface area contributed by atoms with Gasteiger partial charge in [0.25, 0.3) is 0 Å². The van der Waals surface area contributed by atoms with Gasteiger partial charge < -0.3 is 9.84 Å². The highest BCUT2D eigenvalue weighted by molar-refractivity contribution is 6.14. The second-order valence-electron chi connectivity index (χ2n) is 7.80. The molecular formula is C22H29NO4. The maximum absolute atomic E-state index is 12.2. The molecule has 0 fully saturated rings. The fraction of sp³-hybridized carbons (Fsp3) is 0.500. The van der Waals surface area contributed by atoms with Gasteiger partial charge in [0.15, 0.2) is 5.78 Å². The van der Waals surface area contributed by atoms with Crippen LogP contribution in [0.2, 0.25) is 0 Å². The number of hydrogen-bond donors (Lipinski definition) is 1. The standard InChI is InChI=1S/C22H29NO4/c1-4-5-6-7-12-27-21(26)16-8-10-17(11-9-16)23-15-18-19(24)13-22(2,3)14-20(18)25/h8-11,15,24H,4-7,12-14H2,1-3H3. The minimum atomic E-state index is -0.341. The summed E-state index contributed by atoms with van der Waals surface area (Å²) >= 11 is 0. The summed E-state index contributed by atoms with van der Waals surface area (Å²) in [5, 5.41) is 10.1. The fourth-order valence-corrected chi connectivity index (χ4v) is 3.05. The summed E-state index contributed by atoms with van der Waals surface area (Å²) in [6, 6.07) is 6.69. The number of carbonyl (C=O) groups is 2. The van der Waals surface area contributed by atoms with Gasteiger partial charge in [0.2, 0.25) is 0 Å². The predicted molar refractivity (Wildman–Crippen MR) is 107 cm³/mol. The summed E-state index contributed by atoms with van der Waals surface area (Å²) in [5.74, 6) is -0.355. The van der Waals surface area contributed by atoms with Crippen LogP contribution in [0.15, 0.2) is 40.6 Å². The highest BCUT2D eigenvalue weighted by atomic mass is 16.5. The van der Waals surface area contributed by atoms with E-state index in [0.29, 0.717) is 30.7 Å². The van der Waals surface area contributed by atoms with Crippen molar-refractivity contribution in [3.8, 4) is 0 Å². The Morgan fingerprint density at radius 1 is 1.19 bits per heavy atom. The van der Waals surface area contributed by atoms with Crippen LogP contribution in [0.5, 0.6) is 0 Å². The van der Waals surface area contributed by atoms with Crippen molar-refractivity contribution < 1.29 is 19.4 Å². The van der Waals surface area contributed by atoms with Crippen LogP contribution in [0.1, 0.15) is 69.7 Å². The van der Waals surface area contributed by atoms with Crippen molar-refractivity contribution in [2.24, 2.45) is 10.4 Å². The zero-order valence-electron chi connectivity index (χ0n) is 16.5. The summed E-state index contributed by atoms with van der Waals surface area (Å²) < 4.78 is 5.25. The molecule has 0 unspecified atom stereocenters. The Hall–Kier alpha value is -2.43. The molecule has 5 heteroatoms. The van der Waals surface area contributed by atoms with Gasteiger partial charge in [-0.05, 0) is 36.1 Å². The highest BCUT2D eigenvalue weighted by Crippen LogP contribution is 2.35. The van der Waals surface area contributed by atoms with Gasteiger partial charge in [-0.25, -0.2) is 4.79 Å². The number of ketones is 1. The average molecular weight is 371 g/mol. The molecule has 0 heterocycles. The number of unbranched alkanes of at least 4 members (excludes halogenated alkanes) is 3. The number of rotatable bonds is 8. The van der Waals surface area contributed by atoms with E-state index >= 15 is 0 Å². The number of esters is 1. The first-order valence-corrected chi connectivity index (χ1v) is 9.59. The van der Waals surface area contributed by atoms with Crippen molar-refractivity contribution in [2.45, 2.75) is 59.3 Å². The first kappa shape index (κ1) is 20.9. The average Bonchev–Trinajstić information content (AvgIpc) is 2.60. The summed E-state index contributed by atoms with van der Waals surface area (Å²) in [7, 11) is 0. The van der Waals surface area contributed by atoms with E-state index in [4.69, 9.17) is 4.74 Å². The van der Waals surface area contributed by atoms with Crippen LogP contribution in [-0.2, 0) is 9.53 Å². The Balaban J connectivity index is 1.94. The molecule has 0 aliphatic heterocycles. The van der Waals surface area contributed by atoms with Crippen molar-refractivity contribution in [1.29, 1.82) is 0 Å². The fourth-order valence-electron chi connectivity index (χ4n) is 3.05. The molecule has 0 atom stereocenters. The summed E-state index contributed by atoms with van der Waals surface area (Å²) in [6.45, 7) is 6.48. The Bertz CT molecular complexity index is 729. The SMILES string of the molecule is CCCCCCOC(=O)c1ccc(N=CC2=C(O)CC(C)(C)CC2=O)cc1. The van der Waals surface area contributed by atoms with Crippen LogP contribution in [-0.4, -0.2) is 29.7 Å². The third kappa shape index (κ3) is 6.35. The summed E-state index contributed by atoms with van der Waals surface area (Å²) in [5.41, 5.74) is 1.12. The summed E-state index contributed by atoms with van der Waals surface area (Å²) in [4.78, 5) is 28.4. The van der Waals surface area contributed by atoms with Crippen molar-refractivity contribution in [1.82, 2.24) is 0 Å². The number of ether oxygens (including phenoxy) is 1. The predicted octanol–water partition coefficient (Wildman–Crippen LogP) is 5.33. The highest BCUT2D eigenvalue weighted by Gasteiger charge is 2.32. The van der Waals surface area contributed by atoms with E-state index in [2.05, 4.69) is 11.9 Å². The molecule has 27 heavy (non-hydrogen) atoms. The van der Waals surface area contributed by atoms with Gasteiger partial charge in [-0.15, -0.1) is 0 Å². The van der Waals surface area contributed by atoms with E-state index in [1.807, 2.05) is 13.8 Å². The lowest BCUT2D eigenvalue weighted by Gasteiger charge is -2.28. The Labute approximate surface area is 161 Å². The number of benzene rings is 1. The summed E-state index contributed by atoms with van der Waals surface area (Å²) in [6.07, 6.45) is 6.50. The molecule has 1 aliphatic carbocycles. The van der Waals surface area contributed by atoms with Crippen LogP contribution in [0.4, 0.5) is 5.69 Å². The molecule has 0 saturated carbocycles. The van der Waals surface area contributed by atoms with Gasteiger partial charge in [-0.3, -0.25) is 9.79 Å². The molecule has 0 spiro atoms. The number of carbonyl (C=O) groups excluding carboxylic acids is 2. The van der Waals surface area contributed by atoms with E-state index in [1.165, 1.54) is 6.21 Å². The Morgan fingerprint density at radius 2 is 1.89 bits per heavy atom. The number of allylic oxidation sites excluding steroid dienone is 2. The third-order valence-electron chi connectivity index (χ3n) is 4.57. The maximum Gasteiger partial charge on any atom is 0.338 e. The van der Waals surface area contributed by atoms with Crippen molar-refractivity contribution in [3.05, 3.63) is 41.2 Å². The number of aliphatic imine (C=N–C) groups is 1. The number of Topliss-reactive ketones (excluding diaryl/α,β-unsaturated/α-hetero) is 1. The number of nitrogens with zero attached hydrogens (tertiary/aromatic N) is 1. The first-order chi connectivity index (χ1) is 12.8. The first-order valence-electron chi connectivity index (χ1n) is 9.59. The van der Waals surface area contributed by atoms with E-state index < -0.39 is 0 Å². The van der Waals surface area contributed by atoms with Crippen molar-refractivity contribution >= 4 is 23.7 Å². The van der Waals surface area contributed by atoms with Crippen LogP contribution in [0, 0.1) is 5.41 Å². The number of aliphatic hydroxyl groups excluding tert-OH is 1. The van der Waals surface area contributed by atoms with E-state index in [-0.39, 0.29) is 28.5 Å². The van der Waals surface area contributed by atoms with E-state index in [9.17, 15) is 14.7 Å². The van der Waals surface area contributed by atoms with Gasteiger partial charge in [0.05, 0.1) is 23.4 Å². The smallest absolute Gasteiger partial charge is 0.338 e. The minimum absolute atomic E-state index is 0.0864. The van der Waals surface area contributed by atoms with Crippen LogP contribution >= 0.6 is 0 Å². The number of aliphatic hydroxyl groups is 1. The maximum atomic E-state index is 12.2. The van der Waals surface area contributed by atoms with Crippen LogP contribution in [0.3, 0.4) is 0 Å². The zero-order valence-corrected chi connectivity index (χ0v) is 16.5. The Kier molecular flexibility index (Phi) is 7.34. The van der Waals surface area contributed by atoms with Crippen molar-refractivity contribution in [2.75, 3.05) is 6.61 Å². The monoisotopic (exact) mass is 371 g/mol.